The number of nitrogens with one attached hydrogen (secondary N) is 1. The Morgan fingerprint density at radius 3 is 2.44 bits per heavy atom. The normalized spacial score (nSPS) is 13.2. The molecule has 1 aromatic rings. The maximum Gasteiger partial charge on any atom is 0.248 e. The molecule has 3 heteroatoms. The van der Waals surface area contributed by atoms with Gasteiger partial charge in [-0.25, -0.2) is 0 Å². The van der Waals surface area contributed by atoms with Crippen LogP contribution in [0.1, 0.15) is 26.3 Å². The van der Waals surface area contributed by atoms with Gasteiger partial charge in [-0.15, -0.1) is 0 Å². The molecule has 1 atom stereocenters. The molecule has 16 heavy (non-hydrogen) atoms. The standard InChI is InChI=1S/C13H19NO2/c1-10(15)12(16)14-9-13(2,3)11-7-5-4-6-8-11/h4-8,10,15H,9H2,1-3H3,(H,14,16). The number of carbonyl (C=O) groups excluding carboxylic acids is 1. The Morgan fingerprint density at radius 2 is 1.94 bits per heavy atom. The Morgan fingerprint density at radius 1 is 1.38 bits per heavy atom. The van der Waals surface area contributed by atoms with E-state index >= 15 is 0 Å². The molecule has 0 aromatic heterocycles. The van der Waals surface area contributed by atoms with Crippen LogP contribution in [0.15, 0.2) is 30.3 Å². The van der Waals surface area contributed by atoms with E-state index in [2.05, 4.69) is 19.2 Å². The lowest BCUT2D eigenvalue weighted by Gasteiger charge is -2.26. The van der Waals surface area contributed by atoms with Crippen molar-refractivity contribution in [1.29, 1.82) is 0 Å². The monoisotopic (exact) mass is 221 g/mol. The topological polar surface area (TPSA) is 49.3 Å². The highest BCUT2D eigenvalue weighted by Gasteiger charge is 2.21. The van der Waals surface area contributed by atoms with E-state index in [1.54, 1.807) is 0 Å². The molecular formula is C13H19NO2. The van der Waals surface area contributed by atoms with Crippen molar-refractivity contribution in [3.05, 3.63) is 35.9 Å². The zero-order valence-electron chi connectivity index (χ0n) is 10.0. The van der Waals surface area contributed by atoms with E-state index < -0.39 is 6.10 Å². The van der Waals surface area contributed by atoms with Gasteiger partial charge in [-0.3, -0.25) is 4.79 Å². The van der Waals surface area contributed by atoms with Crippen molar-refractivity contribution in [3.8, 4) is 0 Å². The third kappa shape index (κ3) is 3.35. The molecule has 2 N–H and O–H groups in total. The maximum atomic E-state index is 11.3. The van der Waals surface area contributed by atoms with Crippen LogP contribution in [0.2, 0.25) is 0 Å². The van der Waals surface area contributed by atoms with Crippen LogP contribution in [-0.4, -0.2) is 23.7 Å². The van der Waals surface area contributed by atoms with Crippen LogP contribution in [0.25, 0.3) is 0 Å². The maximum absolute atomic E-state index is 11.3. The van der Waals surface area contributed by atoms with Crippen LogP contribution in [-0.2, 0) is 10.2 Å². The third-order valence-electron chi connectivity index (χ3n) is 2.64. The largest absolute Gasteiger partial charge is 0.384 e. The van der Waals surface area contributed by atoms with Crippen LogP contribution in [0.4, 0.5) is 0 Å². The SMILES string of the molecule is CC(O)C(=O)NCC(C)(C)c1ccccc1. The smallest absolute Gasteiger partial charge is 0.248 e. The molecule has 0 radical (unpaired) electrons. The summed E-state index contributed by atoms with van der Waals surface area (Å²) < 4.78 is 0. The molecule has 0 fully saturated rings. The van der Waals surface area contributed by atoms with Gasteiger partial charge < -0.3 is 10.4 Å². The highest BCUT2D eigenvalue weighted by atomic mass is 16.3. The zero-order chi connectivity index (χ0) is 12.2. The average molecular weight is 221 g/mol. The van der Waals surface area contributed by atoms with E-state index in [1.807, 2.05) is 30.3 Å². The lowest BCUT2D eigenvalue weighted by Crippen LogP contribution is -2.40. The minimum Gasteiger partial charge on any atom is -0.384 e. The molecule has 0 aliphatic carbocycles. The van der Waals surface area contributed by atoms with Crippen LogP contribution in [0, 0.1) is 0 Å². The number of amides is 1. The number of hydrogen-bond acceptors (Lipinski definition) is 2. The minimum absolute atomic E-state index is 0.133. The summed E-state index contributed by atoms with van der Waals surface area (Å²) in [4.78, 5) is 11.3. The third-order valence-corrected chi connectivity index (χ3v) is 2.64. The van der Waals surface area contributed by atoms with Gasteiger partial charge in [0, 0.05) is 12.0 Å². The molecule has 0 saturated carbocycles. The average Bonchev–Trinajstić information content (AvgIpc) is 2.27. The van der Waals surface area contributed by atoms with Crippen molar-refractivity contribution in [2.75, 3.05) is 6.54 Å². The number of benzene rings is 1. The lowest BCUT2D eigenvalue weighted by atomic mass is 9.84. The molecule has 1 aromatic carbocycles. The summed E-state index contributed by atoms with van der Waals surface area (Å²) >= 11 is 0. The highest BCUT2D eigenvalue weighted by molar-refractivity contribution is 5.80. The second-order valence-electron chi connectivity index (χ2n) is 4.64. The first-order valence-electron chi connectivity index (χ1n) is 5.45. The number of aliphatic hydroxyl groups is 1. The van der Waals surface area contributed by atoms with Crippen LogP contribution < -0.4 is 5.32 Å². The first-order chi connectivity index (χ1) is 7.43. The molecule has 3 nitrogen and oxygen atoms in total. The van der Waals surface area contributed by atoms with Gasteiger partial charge in [0.05, 0.1) is 0 Å². The van der Waals surface area contributed by atoms with Crippen molar-refractivity contribution >= 4 is 5.91 Å². The summed E-state index contributed by atoms with van der Waals surface area (Å²) in [5.74, 6) is -0.330. The Balaban J connectivity index is 2.63. The quantitative estimate of drug-likeness (QED) is 0.808. The fourth-order valence-electron chi connectivity index (χ4n) is 1.45. The first-order valence-corrected chi connectivity index (χ1v) is 5.45. The number of carbonyl (C=O) groups is 1. The Hall–Kier alpha value is -1.35. The first kappa shape index (κ1) is 12.7. The number of rotatable bonds is 4. The second kappa shape index (κ2) is 5.12. The van der Waals surface area contributed by atoms with Crippen molar-refractivity contribution in [3.63, 3.8) is 0 Å². The number of aliphatic hydroxyl groups excluding tert-OH is 1. The molecule has 0 aliphatic rings. The molecule has 0 heterocycles. The van der Waals surface area contributed by atoms with E-state index in [4.69, 9.17) is 5.11 Å². The van der Waals surface area contributed by atoms with Crippen LogP contribution in [0.5, 0.6) is 0 Å². The molecule has 1 unspecified atom stereocenters. The molecule has 1 rings (SSSR count). The Labute approximate surface area is 96.5 Å². The van der Waals surface area contributed by atoms with Gasteiger partial charge in [-0.05, 0) is 12.5 Å². The van der Waals surface area contributed by atoms with E-state index in [0.717, 1.165) is 0 Å². The molecule has 0 spiro atoms. The fraction of sp³-hybridized carbons (Fsp3) is 0.462. The number of hydrogen-bond donors (Lipinski definition) is 2. The van der Waals surface area contributed by atoms with E-state index in [0.29, 0.717) is 6.54 Å². The summed E-state index contributed by atoms with van der Waals surface area (Å²) in [5, 5.41) is 11.8. The van der Waals surface area contributed by atoms with E-state index in [1.165, 1.54) is 12.5 Å². The van der Waals surface area contributed by atoms with Crippen LogP contribution in [0.3, 0.4) is 0 Å². The van der Waals surface area contributed by atoms with Gasteiger partial charge in [0.15, 0.2) is 0 Å². The van der Waals surface area contributed by atoms with Gasteiger partial charge in [0.1, 0.15) is 6.10 Å². The molecule has 0 bridgehead atoms. The van der Waals surface area contributed by atoms with Crippen molar-refractivity contribution < 1.29 is 9.90 Å². The predicted molar refractivity (Wildman–Crippen MR) is 64.2 cm³/mol. The van der Waals surface area contributed by atoms with Crippen molar-refractivity contribution in [2.45, 2.75) is 32.3 Å². The Bertz CT molecular complexity index is 344. The zero-order valence-corrected chi connectivity index (χ0v) is 10.0. The van der Waals surface area contributed by atoms with Gasteiger partial charge in [0.25, 0.3) is 0 Å². The van der Waals surface area contributed by atoms with Crippen LogP contribution >= 0.6 is 0 Å². The predicted octanol–water partition coefficient (Wildman–Crippen LogP) is 1.46. The van der Waals surface area contributed by atoms with Gasteiger partial charge in [-0.2, -0.15) is 0 Å². The van der Waals surface area contributed by atoms with Gasteiger partial charge in [0.2, 0.25) is 5.91 Å². The van der Waals surface area contributed by atoms with E-state index in [9.17, 15) is 4.79 Å². The molecular weight excluding hydrogens is 202 g/mol. The van der Waals surface area contributed by atoms with Crippen molar-refractivity contribution in [2.24, 2.45) is 0 Å². The van der Waals surface area contributed by atoms with Gasteiger partial charge >= 0.3 is 0 Å². The second-order valence-corrected chi connectivity index (χ2v) is 4.64. The summed E-state index contributed by atoms with van der Waals surface area (Å²) in [6.45, 7) is 6.10. The summed E-state index contributed by atoms with van der Waals surface area (Å²) in [6.07, 6.45) is -0.952. The molecule has 0 aliphatic heterocycles. The molecule has 88 valence electrons. The fourth-order valence-corrected chi connectivity index (χ4v) is 1.45. The molecule has 0 saturated heterocycles. The summed E-state index contributed by atoms with van der Waals surface area (Å²) in [5.41, 5.74) is 1.03. The minimum atomic E-state index is -0.952. The van der Waals surface area contributed by atoms with Crippen molar-refractivity contribution in [1.82, 2.24) is 5.32 Å². The summed E-state index contributed by atoms with van der Waals surface area (Å²) in [6, 6.07) is 10.00. The lowest BCUT2D eigenvalue weighted by molar-refractivity contribution is -0.128. The Kier molecular flexibility index (Phi) is 4.07. The summed E-state index contributed by atoms with van der Waals surface area (Å²) in [7, 11) is 0. The highest BCUT2D eigenvalue weighted by Crippen LogP contribution is 2.21. The molecule has 1 amide bonds. The van der Waals surface area contributed by atoms with E-state index in [-0.39, 0.29) is 11.3 Å². The van der Waals surface area contributed by atoms with Gasteiger partial charge in [-0.1, -0.05) is 44.2 Å².